The number of hydrogen-bond donors (Lipinski definition) is 1. The largest absolute Gasteiger partial charge is 0.383 e. The molecule has 0 amide bonds. The molecule has 0 saturated heterocycles. The molecule has 6 heteroatoms. The number of nitrogens with zero attached hydrogens (tertiary/aromatic N) is 1. The molecular weight excluding hydrogens is 264 g/mol. The highest BCUT2D eigenvalue weighted by molar-refractivity contribution is 7.89. The van der Waals surface area contributed by atoms with Crippen LogP contribution in [0.5, 0.6) is 0 Å². The fourth-order valence-corrected chi connectivity index (χ4v) is 3.31. The summed E-state index contributed by atoms with van der Waals surface area (Å²) in [6.45, 7) is 3.66. The third-order valence-electron chi connectivity index (χ3n) is 2.81. The average Bonchev–Trinajstić information content (AvgIpc) is 2.40. The van der Waals surface area contributed by atoms with Crippen LogP contribution in [0.1, 0.15) is 12.5 Å². The fourth-order valence-electron chi connectivity index (χ4n) is 1.81. The molecule has 0 saturated carbocycles. The van der Waals surface area contributed by atoms with E-state index in [1.165, 1.54) is 4.31 Å². The molecule has 0 aliphatic carbocycles. The van der Waals surface area contributed by atoms with E-state index in [0.29, 0.717) is 31.1 Å². The molecule has 1 N–H and O–H groups in total. The number of methoxy groups -OCH3 is 1. The Bertz CT molecular complexity index is 488. The molecule has 0 atom stereocenters. The maximum Gasteiger partial charge on any atom is 0.243 e. The second-order valence-electron chi connectivity index (χ2n) is 4.17. The molecule has 0 fully saturated rings. The van der Waals surface area contributed by atoms with Gasteiger partial charge in [0.25, 0.3) is 0 Å². The Hall–Kier alpha value is -0.950. The number of likely N-dealkylation sites (N-methyl/N-ethyl adjacent to an activating group) is 1. The molecular formula is C13H22N2O3S. The van der Waals surface area contributed by atoms with Gasteiger partial charge in [-0.15, -0.1) is 0 Å². The van der Waals surface area contributed by atoms with Gasteiger partial charge in [0.2, 0.25) is 10.0 Å². The van der Waals surface area contributed by atoms with Gasteiger partial charge in [0.05, 0.1) is 11.5 Å². The number of hydrogen-bond acceptors (Lipinski definition) is 4. The standard InChI is InChI=1S/C13H22N2O3S/c1-4-15(8-9-18-3)19(16,17)13-7-5-6-12(10-13)11-14-2/h5-7,10,14H,4,8-9,11H2,1-3H3. The van der Waals surface area contributed by atoms with Crippen LogP contribution < -0.4 is 5.32 Å². The first kappa shape index (κ1) is 16.1. The third-order valence-corrected chi connectivity index (χ3v) is 4.78. The van der Waals surface area contributed by atoms with Crippen molar-refractivity contribution in [2.24, 2.45) is 0 Å². The number of rotatable bonds is 8. The third kappa shape index (κ3) is 4.28. The molecule has 0 aliphatic heterocycles. The zero-order chi connectivity index (χ0) is 14.3. The minimum absolute atomic E-state index is 0.332. The first-order chi connectivity index (χ1) is 9.06. The second kappa shape index (κ2) is 7.59. The molecule has 0 aliphatic rings. The maximum absolute atomic E-state index is 12.5. The quantitative estimate of drug-likeness (QED) is 0.776. The SMILES string of the molecule is CCN(CCOC)S(=O)(=O)c1cccc(CNC)c1. The molecule has 0 unspecified atom stereocenters. The highest BCUT2D eigenvalue weighted by Crippen LogP contribution is 2.16. The van der Waals surface area contributed by atoms with Crippen LogP contribution >= 0.6 is 0 Å². The molecule has 0 heterocycles. The van der Waals surface area contributed by atoms with Crippen molar-refractivity contribution in [3.63, 3.8) is 0 Å². The van der Waals surface area contributed by atoms with Gasteiger partial charge in [0.15, 0.2) is 0 Å². The Morgan fingerprint density at radius 1 is 1.37 bits per heavy atom. The van der Waals surface area contributed by atoms with Gasteiger partial charge in [-0.25, -0.2) is 8.42 Å². The summed E-state index contributed by atoms with van der Waals surface area (Å²) in [6, 6.07) is 7.01. The van der Waals surface area contributed by atoms with Crippen LogP contribution in [-0.4, -0.2) is 46.6 Å². The van der Waals surface area contributed by atoms with E-state index in [9.17, 15) is 8.42 Å². The Kier molecular flexibility index (Phi) is 6.44. The van der Waals surface area contributed by atoms with E-state index in [1.54, 1.807) is 25.3 Å². The molecule has 0 radical (unpaired) electrons. The van der Waals surface area contributed by atoms with Gasteiger partial charge in [-0.3, -0.25) is 0 Å². The van der Waals surface area contributed by atoms with Crippen LogP contribution in [0.4, 0.5) is 0 Å². The van der Waals surface area contributed by atoms with Gasteiger partial charge in [-0.05, 0) is 24.7 Å². The number of ether oxygens (including phenoxy) is 1. The normalized spacial score (nSPS) is 12.0. The van der Waals surface area contributed by atoms with Crippen molar-refractivity contribution in [2.45, 2.75) is 18.4 Å². The average molecular weight is 286 g/mol. The topological polar surface area (TPSA) is 58.6 Å². The van der Waals surface area contributed by atoms with Gasteiger partial charge in [-0.1, -0.05) is 19.1 Å². The lowest BCUT2D eigenvalue weighted by Crippen LogP contribution is -2.33. The van der Waals surface area contributed by atoms with Crippen LogP contribution in [0.3, 0.4) is 0 Å². The predicted molar refractivity (Wildman–Crippen MR) is 75.5 cm³/mol. The van der Waals surface area contributed by atoms with E-state index >= 15 is 0 Å². The van der Waals surface area contributed by atoms with Crippen LogP contribution in [-0.2, 0) is 21.3 Å². The van der Waals surface area contributed by atoms with Crippen LogP contribution in [0.15, 0.2) is 29.2 Å². The van der Waals surface area contributed by atoms with E-state index in [4.69, 9.17) is 4.74 Å². The predicted octanol–water partition coefficient (Wildman–Crippen LogP) is 1.06. The van der Waals surface area contributed by atoms with Gasteiger partial charge >= 0.3 is 0 Å². The molecule has 1 aromatic rings. The summed E-state index contributed by atoms with van der Waals surface area (Å²) >= 11 is 0. The summed E-state index contributed by atoms with van der Waals surface area (Å²) in [5.74, 6) is 0. The molecule has 0 aromatic heterocycles. The highest BCUT2D eigenvalue weighted by Gasteiger charge is 2.22. The van der Waals surface area contributed by atoms with Crippen molar-refractivity contribution in [2.75, 3.05) is 33.9 Å². The molecule has 108 valence electrons. The first-order valence-electron chi connectivity index (χ1n) is 6.28. The number of sulfonamides is 1. The summed E-state index contributed by atoms with van der Waals surface area (Å²) in [4.78, 5) is 0.332. The molecule has 1 aromatic carbocycles. The van der Waals surface area contributed by atoms with Crippen molar-refractivity contribution in [3.05, 3.63) is 29.8 Å². The van der Waals surface area contributed by atoms with Crippen molar-refractivity contribution in [1.82, 2.24) is 9.62 Å². The van der Waals surface area contributed by atoms with Crippen LogP contribution in [0, 0.1) is 0 Å². The Labute approximate surface area is 115 Å². The van der Waals surface area contributed by atoms with Crippen molar-refractivity contribution in [1.29, 1.82) is 0 Å². The Morgan fingerprint density at radius 2 is 2.11 bits per heavy atom. The summed E-state index contributed by atoms with van der Waals surface area (Å²) in [5.41, 5.74) is 0.950. The van der Waals surface area contributed by atoms with E-state index in [1.807, 2.05) is 20.0 Å². The lowest BCUT2D eigenvalue weighted by atomic mass is 10.2. The highest BCUT2D eigenvalue weighted by atomic mass is 32.2. The van der Waals surface area contributed by atoms with Gasteiger partial charge in [0.1, 0.15) is 0 Å². The first-order valence-corrected chi connectivity index (χ1v) is 7.73. The summed E-state index contributed by atoms with van der Waals surface area (Å²) in [6.07, 6.45) is 0. The van der Waals surface area contributed by atoms with E-state index in [2.05, 4.69) is 5.32 Å². The van der Waals surface area contributed by atoms with Crippen LogP contribution in [0.2, 0.25) is 0 Å². The summed E-state index contributed by atoms with van der Waals surface area (Å²) in [5, 5.41) is 3.01. The summed E-state index contributed by atoms with van der Waals surface area (Å²) < 4.78 is 31.3. The van der Waals surface area contributed by atoms with E-state index < -0.39 is 10.0 Å². The second-order valence-corrected chi connectivity index (χ2v) is 6.11. The Morgan fingerprint density at radius 3 is 2.68 bits per heavy atom. The van der Waals surface area contributed by atoms with Crippen molar-refractivity contribution >= 4 is 10.0 Å². The molecule has 0 spiro atoms. The Balaban J connectivity index is 3.00. The zero-order valence-corrected chi connectivity index (χ0v) is 12.5. The maximum atomic E-state index is 12.5. The minimum atomic E-state index is -3.44. The molecule has 19 heavy (non-hydrogen) atoms. The lowest BCUT2D eigenvalue weighted by molar-refractivity contribution is 0.180. The molecule has 1 rings (SSSR count). The number of nitrogens with one attached hydrogen (secondary N) is 1. The van der Waals surface area contributed by atoms with Crippen molar-refractivity contribution in [3.8, 4) is 0 Å². The van der Waals surface area contributed by atoms with Gasteiger partial charge in [-0.2, -0.15) is 4.31 Å². The summed E-state index contributed by atoms with van der Waals surface area (Å²) in [7, 11) is -0.0437. The van der Waals surface area contributed by atoms with E-state index in [0.717, 1.165) is 5.56 Å². The fraction of sp³-hybridized carbons (Fsp3) is 0.538. The monoisotopic (exact) mass is 286 g/mol. The van der Waals surface area contributed by atoms with Gasteiger partial charge < -0.3 is 10.1 Å². The minimum Gasteiger partial charge on any atom is -0.383 e. The smallest absolute Gasteiger partial charge is 0.243 e. The van der Waals surface area contributed by atoms with E-state index in [-0.39, 0.29) is 0 Å². The molecule has 5 nitrogen and oxygen atoms in total. The van der Waals surface area contributed by atoms with Gasteiger partial charge in [0, 0.05) is 26.7 Å². The molecule has 0 bridgehead atoms. The van der Waals surface area contributed by atoms with Crippen molar-refractivity contribution < 1.29 is 13.2 Å². The zero-order valence-electron chi connectivity index (χ0n) is 11.7. The van der Waals surface area contributed by atoms with Crippen LogP contribution in [0.25, 0.3) is 0 Å². The number of benzene rings is 1. The lowest BCUT2D eigenvalue weighted by Gasteiger charge is -2.20.